The second-order valence-corrected chi connectivity index (χ2v) is 6.09. The van der Waals surface area contributed by atoms with E-state index in [2.05, 4.69) is 0 Å². The predicted molar refractivity (Wildman–Crippen MR) is 76.7 cm³/mol. The fourth-order valence-corrected chi connectivity index (χ4v) is 3.53. The number of benzene rings is 1. The predicted octanol–water partition coefficient (Wildman–Crippen LogP) is 3.72. The molecule has 0 radical (unpaired) electrons. The van der Waals surface area contributed by atoms with Crippen LogP contribution in [0.2, 0.25) is 0 Å². The van der Waals surface area contributed by atoms with Crippen molar-refractivity contribution < 1.29 is 9.53 Å². The topological polar surface area (TPSA) is 26.3 Å². The summed E-state index contributed by atoms with van der Waals surface area (Å²) in [7, 11) is 1.65. The van der Waals surface area contributed by atoms with Crippen LogP contribution in [-0.4, -0.2) is 24.4 Å². The normalized spacial score (nSPS) is 16.6. The summed E-state index contributed by atoms with van der Waals surface area (Å²) in [5, 5.41) is 0. The number of hydrogen-bond donors (Lipinski definition) is 0. The van der Waals surface area contributed by atoms with E-state index in [9.17, 15) is 4.79 Å². The molecular formula is C15H20O2S. The van der Waals surface area contributed by atoms with Crippen molar-refractivity contribution in [2.75, 3.05) is 18.6 Å². The summed E-state index contributed by atoms with van der Waals surface area (Å²) in [6, 6.07) is 5.75. The van der Waals surface area contributed by atoms with Gasteiger partial charge < -0.3 is 4.74 Å². The number of rotatable bonds is 4. The first-order valence-electron chi connectivity index (χ1n) is 6.46. The summed E-state index contributed by atoms with van der Waals surface area (Å²) < 4.78 is 5.27. The number of aryl methyl sites for hydroxylation is 1. The molecule has 0 N–H and O–H groups in total. The van der Waals surface area contributed by atoms with Gasteiger partial charge in [-0.15, -0.1) is 0 Å². The molecule has 1 heterocycles. The third-order valence-corrected chi connectivity index (χ3v) is 4.59. The zero-order valence-corrected chi connectivity index (χ0v) is 11.9. The molecule has 0 amide bonds. The molecule has 0 bridgehead atoms. The molecule has 0 aromatic heterocycles. The Hall–Kier alpha value is -0.960. The Morgan fingerprint density at radius 1 is 1.39 bits per heavy atom. The summed E-state index contributed by atoms with van der Waals surface area (Å²) in [6.07, 6.45) is 3.05. The van der Waals surface area contributed by atoms with Gasteiger partial charge in [-0.1, -0.05) is 12.1 Å². The molecule has 3 heteroatoms. The van der Waals surface area contributed by atoms with Crippen LogP contribution in [-0.2, 0) is 0 Å². The second kappa shape index (κ2) is 6.28. The number of carbonyl (C=O) groups is 1. The average molecular weight is 264 g/mol. The molecule has 0 atom stereocenters. The van der Waals surface area contributed by atoms with Crippen molar-refractivity contribution >= 4 is 17.5 Å². The highest BCUT2D eigenvalue weighted by Gasteiger charge is 2.18. The lowest BCUT2D eigenvalue weighted by atomic mass is 9.93. The van der Waals surface area contributed by atoms with E-state index in [4.69, 9.17) is 4.74 Å². The largest absolute Gasteiger partial charge is 0.496 e. The molecular weight excluding hydrogens is 244 g/mol. The van der Waals surface area contributed by atoms with Crippen molar-refractivity contribution in [3.8, 4) is 5.75 Å². The van der Waals surface area contributed by atoms with Crippen LogP contribution in [0, 0.1) is 12.8 Å². The van der Waals surface area contributed by atoms with Crippen LogP contribution in [0.1, 0.15) is 35.2 Å². The number of ketones is 1. The smallest absolute Gasteiger partial charge is 0.163 e. The molecule has 98 valence electrons. The van der Waals surface area contributed by atoms with E-state index in [0.717, 1.165) is 16.9 Å². The minimum absolute atomic E-state index is 0.255. The van der Waals surface area contributed by atoms with E-state index in [0.29, 0.717) is 12.3 Å². The Morgan fingerprint density at radius 3 is 2.78 bits per heavy atom. The first-order valence-corrected chi connectivity index (χ1v) is 7.61. The molecule has 1 saturated heterocycles. The maximum atomic E-state index is 12.2. The monoisotopic (exact) mass is 264 g/mol. The van der Waals surface area contributed by atoms with Crippen LogP contribution in [0.3, 0.4) is 0 Å². The molecule has 0 spiro atoms. The maximum absolute atomic E-state index is 12.2. The molecule has 0 aliphatic carbocycles. The van der Waals surface area contributed by atoms with Gasteiger partial charge >= 0.3 is 0 Å². The van der Waals surface area contributed by atoms with E-state index in [1.807, 2.05) is 36.9 Å². The molecule has 1 aromatic rings. The summed E-state index contributed by atoms with van der Waals surface area (Å²) >= 11 is 2.00. The fourth-order valence-electron chi connectivity index (χ4n) is 2.32. The van der Waals surface area contributed by atoms with Crippen molar-refractivity contribution in [2.24, 2.45) is 5.92 Å². The molecule has 2 nitrogen and oxygen atoms in total. The van der Waals surface area contributed by atoms with Crippen molar-refractivity contribution in [1.82, 2.24) is 0 Å². The SMILES string of the molecule is COc1cc(C(=O)CC2CCSCC2)ccc1C. The molecule has 0 saturated carbocycles. The van der Waals surface area contributed by atoms with Gasteiger partial charge in [0.05, 0.1) is 7.11 Å². The minimum Gasteiger partial charge on any atom is -0.496 e. The third-order valence-electron chi connectivity index (χ3n) is 3.54. The Bertz CT molecular complexity index is 423. The second-order valence-electron chi connectivity index (χ2n) is 4.87. The van der Waals surface area contributed by atoms with Crippen LogP contribution in [0.25, 0.3) is 0 Å². The van der Waals surface area contributed by atoms with Gasteiger partial charge in [0.15, 0.2) is 5.78 Å². The highest BCUT2D eigenvalue weighted by molar-refractivity contribution is 7.99. The lowest BCUT2D eigenvalue weighted by molar-refractivity contribution is 0.0958. The minimum atomic E-state index is 0.255. The Kier molecular flexibility index (Phi) is 4.70. The average Bonchev–Trinajstić information content (AvgIpc) is 2.40. The van der Waals surface area contributed by atoms with Gasteiger partial charge in [-0.3, -0.25) is 4.79 Å². The Morgan fingerprint density at radius 2 is 2.11 bits per heavy atom. The highest BCUT2D eigenvalue weighted by Crippen LogP contribution is 2.27. The van der Waals surface area contributed by atoms with Gasteiger partial charge in [0.2, 0.25) is 0 Å². The summed E-state index contributed by atoms with van der Waals surface area (Å²) in [5.74, 6) is 4.04. The number of methoxy groups -OCH3 is 1. The van der Waals surface area contributed by atoms with Gasteiger partial charge in [-0.2, -0.15) is 11.8 Å². The summed E-state index contributed by atoms with van der Waals surface area (Å²) in [4.78, 5) is 12.2. The summed E-state index contributed by atoms with van der Waals surface area (Å²) in [6.45, 7) is 1.99. The molecule has 0 unspecified atom stereocenters. The van der Waals surface area contributed by atoms with E-state index >= 15 is 0 Å². The standard InChI is InChI=1S/C15H20O2S/c1-11-3-4-13(10-15(11)17-2)14(16)9-12-5-7-18-8-6-12/h3-4,10,12H,5-9H2,1-2H3. The number of hydrogen-bond acceptors (Lipinski definition) is 3. The van der Waals surface area contributed by atoms with Crippen LogP contribution in [0.5, 0.6) is 5.75 Å². The molecule has 1 fully saturated rings. The first kappa shape index (κ1) is 13.5. The van der Waals surface area contributed by atoms with Gasteiger partial charge in [0.25, 0.3) is 0 Å². The van der Waals surface area contributed by atoms with Crippen molar-refractivity contribution in [3.63, 3.8) is 0 Å². The lowest BCUT2D eigenvalue weighted by Crippen LogP contribution is -2.14. The van der Waals surface area contributed by atoms with Crippen LogP contribution in [0.15, 0.2) is 18.2 Å². The molecule has 1 aliphatic rings. The zero-order valence-electron chi connectivity index (χ0n) is 11.1. The van der Waals surface area contributed by atoms with Crippen LogP contribution >= 0.6 is 11.8 Å². The maximum Gasteiger partial charge on any atom is 0.163 e. The van der Waals surface area contributed by atoms with Crippen LogP contribution in [0.4, 0.5) is 0 Å². The number of carbonyl (C=O) groups excluding carboxylic acids is 1. The van der Waals surface area contributed by atoms with E-state index in [1.54, 1.807) is 7.11 Å². The van der Waals surface area contributed by atoms with Crippen molar-refractivity contribution in [2.45, 2.75) is 26.2 Å². The number of ether oxygens (including phenoxy) is 1. The van der Waals surface area contributed by atoms with Gasteiger partial charge in [-0.05, 0) is 48.8 Å². The lowest BCUT2D eigenvalue weighted by Gasteiger charge is -2.20. The van der Waals surface area contributed by atoms with E-state index in [-0.39, 0.29) is 5.78 Å². The van der Waals surface area contributed by atoms with E-state index < -0.39 is 0 Å². The third kappa shape index (κ3) is 3.29. The van der Waals surface area contributed by atoms with E-state index in [1.165, 1.54) is 24.3 Å². The molecule has 18 heavy (non-hydrogen) atoms. The quantitative estimate of drug-likeness (QED) is 0.775. The molecule has 1 aliphatic heterocycles. The van der Waals surface area contributed by atoms with Gasteiger partial charge in [0.1, 0.15) is 5.75 Å². The number of thioether (sulfide) groups is 1. The van der Waals surface area contributed by atoms with Crippen LogP contribution < -0.4 is 4.74 Å². The summed E-state index contributed by atoms with van der Waals surface area (Å²) in [5.41, 5.74) is 1.86. The molecule has 2 rings (SSSR count). The molecule has 1 aromatic carbocycles. The van der Waals surface area contributed by atoms with Gasteiger partial charge in [0, 0.05) is 12.0 Å². The van der Waals surface area contributed by atoms with Gasteiger partial charge in [-0.25, -0.2) is 0 Å². The Labute approximate surface area is 113 Å². The zero-order chi connectivity index (χ0) is 13.0. The van der Waals surface area contributed by atoms with Crippen molar-refractivity contribution in [3.05, 3.63) is 29.3 Å². The Balaban J connectivity index is 2.03. The first-order chi connectivity index (χ1) is 8.70. The fraction of sp³-hybridized carbons (Fsp3) is 0.533. The number of Topliss-reactive ketones (excluding diaryl/α,β-unsaturated/α-hetero) is 1. The van der Waals surface area contributed by atoms with Crippen molar-refractivity contribution in [1.29, 1.82) is 0 Å². The highest BCUT2D eigenvalue weighted by atomic mass is 32.2.